The molecule has 4 rings (SSSR count). The van der Waals surface area contributed by atoms with Crippen LogP contribution >= 0.6 is 0 Å². The summed E-state index contributed by atoms with van der Waals surface area (Å²) >= 11 is 0. The Morgan fingerprint density at radius 2 is 1.78 bits per heavy atom. The summed E-state index contributed by atoms with van der Waals surface area (Å²) in [5, 5.41) is 0. The molecule has 3 atom stereocenters. The predicted octanol–water partition coefficient (Wildman–Crippen LogP) is 2.99. The van der Waals surface area contributed by atoms with Crippen LogP contribution in [0, 0.1) is 5.92 Å². The predicted molar refractivity (Wildman–Crippen MR) is 106 cm³/mol. The van der Waals surface area contributed by atoms with Gasteiger partial charge >= 0.3 is 0 Å². The van der Waals surface area contributed by atoms with Crippen molar-refractivity contribution >= 4 is 15.9 Å². The second-order valence-corrected chi connectivity index (χ2v) is 10.4. The van der Waals surface area contributed by atoms with Crippen molar-refractivity contribution < 1.29 is 13.2 Å². The van der Waals surface area contributed by atoms with Gasteiger partial charge in [0.2, 0.25) is 15.9 Å². The van der Waals surface area contributed by atoms with Gasteiger partial charge in [-0.3, -0.25) is 4.79 Å². The van der Waals surface area contributed by atoms with Crippen LogP contribution < -0.4 is 4.72 Å². The van der Waals surface area contributed by atoms with Gasteiger partial charge in [-0.25, -0.2) is 13.1 Å². The van der Waals surface area contributed by atoms with Crippen LogP contribution in [-0.2, 0) is 14.8 Å². The molecule has 27 heavy (non-hydrogen) atoms. The van der Waals surface area contributed by atoms with Gasteiger partial charge in [0.25, 0.3) is 0 Å². The fourth-order valence-corrected chi connectivity index (χ4v) is 5.84. The molecule has 0 radical (unpaired) electrons. The molecule has 1 aliphatic heterocycles. The van der Waals surface area contributed by atoms with Crippen molar-refractivity contribution in [3.05, 3.63) is 35.4 Å². The minimum Gasteiger partial charge on any atom is -0.341 e. The Morgan fingerprint density at radius 3 is 2.48 bits per heavy atom. The molecule has 2 saturated carbocycles. The minimum atomic E-state index is -3.22. The van der Waals surface area contributed by atoms with E-state index >= 15 is 0 Å². The molecule has 1 heterocycles. The molecule has 0 aromatic heterocycles. The van der Waals surface area contributed by atoms with E-state index in [4.69, 9.17) is 0 Å². The summed E-state index contributed by atoms with van der Waals surface area (Å²) in [5.41, 5.74) is 2.85. The van der Waals surface area contributed by atoms with E-state index in [2.05, 4.69) is 29.0 Å². The number of hydrogen-bond donors (Lipinski definition) is 1. The van der Waals surface area contributed by atoms with Crippen molar-refractivity contribution in [2.24, 2.45) is 5.92 Å². The van der Waals surface area contributed by atoms with Crippen LogP contribution in [0.5, 0.6) is 0 Å². The van der Waals surface area contributed by atoms with E-state index in [0.29, 0.717) is 31.3 Å². The Kier molecular flexibility index (Phi) is 5.30. The second-order valence-electron chi connectivity index (χ2n) is 8.57. The second kappa shape index (κ2) is 7.55. The quantitative estimate of drug-likeness (QED) is 0.840. The summed E-state index contributed by atoms with van der Waals surface area (Å²) in [6.07, 6.45) is 9.33. The summed E-state index contributed by atoms with van der Waals surface area (Å²) < 4.78 is 25.5. The zero-order valence-corrected chi connectivity index (χ0v) is 16.9. The van der Waals surface area contributed by atoms with Crippen molar-refractivity contribution in [1.29, 1.82) is 0 Å². The number of likely N-dealkylation sites (tertiary alicyclic amines) is 1. The lowest BCUT2D eigenvalue weighted by atomic mass is 9.81. The van der Waals surface area contributed by atoms with Crippen LogP contribution in [0.15, 0.2) is 24.3 Å². The number of carbonyl (C=O) groups is 1. The Morgan fingerprint density at radius 1 is 1.07 bits per heavy atom. The number of sulfonamides is 1. The fourth-order valence-electron chi connectivity index (χ4n) is 5.04. The zero-order valence-electron chi connectivity index (χ0n) is 16.1. The van der Waals surface area contributed by atoms with Gasteiger partial charge in [-0.2, -0.15) is 0 Å². The molecular formula is C21H30N2O3S. The minimum absolute atomic E-state index is 0.0757. The van der Waals surface area contributed by atoms with Gasteiger partial charge in [0.1, 0.15) is 0 Å². The normalized spacial score (nSPS) is 29.1. The maximum absolute atomic E-state index is 12.9. The first-order valence-electron chi connectivity index (χ1n) is 10.3. The SMILES string of the molecule is CS(=O)(=O)N[C@@H]1CCN(C(=O)[C@@H]2C[C@H]2c2ccccc2C2CCCCC2)C1. The van der Waals surface area contributed by atoms with E-state index in [1.165, 1.54) is 49.5 Å². The van der Waals surface area contributed by atoms with Crippen LogP contribution in [0.4, 0.5) is 0 Å². The smallest absolute Gasteiger partial charge is 0.226 e. The molecule has 0 spiro atoms. The molecule has 1 saturated heterocycles. The van der Waals surface area contributed by atoms with Crippen molar-refractivity contribution in [3.8, 4) is 0 Å². The Bertz CT molecular complexity index is 801. The van der Waals surface area contributed by atoms with Crippen LogP contribution in [0.3, 0.4) is 0 Å². The molecule has 0 unspecified atom stereocenters. The van der Waals surface area contributed by atoms with Crippen molar-refractivity contribution in [3.63, 3.8) is 0 Å². The lowest BCUT2D eigenvalue weighted by Crippen LogP contribution is -2.38. The highest BCUT2D eigenvalue weighted by atomic mass is 32.2. The Hall–Kier alpha value is -1.40. The molecular weight excluding hydrogens is 360 g/mol. The van der Waals surface area contributed by atoms with E-state index in [1.54, 1.807) is 0 Å². The molecule has 1 aromatic carbocycles. The van der Waals surface area contributed by atoms with Crippen LogP contribution in [0.25, 0.3) is 0 Å². The maximum atomic E-state index is 12.9. The van der Waals surface area contributed by atoms with Crippen molar-refractivity contribution in [2.45, 2.75) is 62.8 Å². The van der Waals surface area contributed by atoms with E-state index < -0.39 is 10.0 Å². The average molecular weight is 391 g/mol. The lowest BCUT2D eigenvalue weighted by Gasteiger charge is -2.24. The number of benzene rings is 1. The molecule has 2 aliphatic carbocycles. The van der Waals surface area contributed by atoms with Crippen molar-refractivity contribution in [1.82, 2.24) is 9.62 Å². The third-order valence-electron chi connectivity index (χ3n) is 6.43. The van der Waals surface area contributed by atoms with Gasteiger partial charge < -0.3 is 4.90 Å². The number of amides is 1. The zero-order chi connectivity index (χ0) is 19.0. The third kappa shape index (κ3) is 4.37. The molecule has 5 nitrogen and oxygen atoms in total. The molecule has 3 fully saturated rings. The third-order valence-corrected chi connectivity index (χ3v) is 7.19. The highest BCUT2D eigenvalue weighted by Gasteiger charge is 2.48. The summed E-state index contributed by atoms with van der Waals surface area (Å²) in [7, 11) is -3.22. The standard InChI is InChI=1S/C21H30N2O3S/c1-27(25,26)22-16-11-12-23(14-16)21(24)20-13-19(20)18-10-6-5-9-17(18)15-7-3-2-4-8-15/h5-6,9-10,15-16,19-20,22H,2-4,7-8,11-14H2,1H3/t16-,19+,20-/m1/s1. The lowest BCUT2D eigenvalue weighted by molar-refractivity contribution is -0.131. The fraction of sp³-hybridized carbons (Fsp3) is 0.667. The van der Waals surface area contributed by atoms with E-state index in [0.717, 1.165) is 6.42 Å². The highest BCUT2D eigenvalue weighted by Crippen LogP contribution is 2.51. The van der Waals surface area contributed by atoms with Crippen LogP contribution in [0.2, 0.25) is 0 Å². The Labute approximate surface area is 162 Å². The largest absolute Gasteiger partial charge is 0.341 e. The molecule has 1 amide bonds. The summed E-state index contributed by atoms with van der Waals surface area (Å²) in [5.74, 6) is 1.28. The number of nitrogens with one attached hydrogen (secondary N) is 1. The van der Waals surface area contributed by atoms with Crippen LogP contribution in [-0.4, -0.2) is 44.6 Å². The average Bonchev–Trinajstić information content (AvgIpc) is 3.32. The van der Waals surface area contributed by atoms with Crippen LogP contribution in [0.1, 0.15) is 67.9 Å². The first kappa shape index (κ1) is 18.9. The monoisotopic (exact) mass is 390 g/mol. The van der Waals surface area contributed by atoms with E-state index in [9.17, 15) is 13.2 Å². The van der Waals surface area contributed by atoms with Gasteiger partial charge in [0, 0.05) is 25.0 Å². The Balaban J connectivity index is 1.41. The summed E-state index contributed by atoms with van der Waals surface area (Å²) in [6, 6.07) is 8.58. The molecule has 1 N–H and O–H groups in total. The number of hydrogen-bond acceptors (Lipinski definition) is 3. The first-order valence-corrected chi connectivity index (χ1v) is 12.2. The van der Waals surface area contributed by atoms with Gasteiger partial charge in [-0.15, -0.1) is 0 Å². The molecule has 3 aliphatic rings. The van der Waals surface area contributed by atoms with Gasteiger partial charge in [-0.1, -0.05) is 43.5 Å². The highest BCUT2D eigenvalue weighted by molar-refractivity contribution is 7.88. The van der Waals surface area contributed by atoms with Crippen molar-refractivity contribution in [2.75, 3.05) is 19.3 Å². The van der Waals surface area contributed by atoms with E-state index in [-0.39, 0.29) is 17.9 Å². The topological polar surface area (TPSA) is 66.5 Å². The number of carbonyl (C=O) groups excluding carboxylic acids is 1. The van der Waals surface area contributed by atoms with Gasteiger partial charge in [0.15, 0.2) is 0 Å². The molecule has 0 bridgehead atoms. The molecule has 148 valence electrons. The number of rotatable bonds is 5. The van der Waals surface area contributed by atoms with E-state index in [1.807, 2.05) is 4.90 Å². The van der Waals surface area contributed by atoms with Gasteiger partial charge in [-0.05, 0) is 48.6 Å². The summed E-state index contributed by atoms with van der Waals surface area (Å²) in [4.78, 5) is 14.8. The van der Waals surface area contributed by atoms with Gasteiger partial charge in [0.05, 0.1) is 6.26 Å². The first-order chi connectivity index (χ1) is 12.9. The maximum Gasteiger partial charge on any atom is 0.226 e. The molecule has 6 heteroatoms. The number of nitrogens with zero attached hydrogens (tertiary/aromatic N) is 1. The molecule has 1 aromatic rings. The summed E-state index contributed by atoms with van der Waals surface area (Å²) in [6.45, 7) is 1.15.